The number of nitrogens with one attached hydrogen (secondary N) is 1. The summed E-state index contributed by atoms with van der Waals surface area (Å²) in [6.07, 6.45) is 2.21. The van der Waals surface area contributed by atoms with Crippen LogP contribution >= 0.6 is 0 Å². The molecule has 2 heteroatoms. The normalized spacial score (nSPS) is 7.00. The van der Waals surface area contributed by atoms with Gasteiger partial charge >= 0.3 is 0 Å². The second-order valence-electron chi connectivity index (χ2n) is 1.10. The van der Waals surface area contributed by atoms with Crippen LogP contribution in [0.1, 0.15) is 19.8 Å². The number of hydrogen-bond acceptors (Lipinski definition) is 0. The molecule has 0 saturated heterocycles. The van der Waals surface area contributed by atoms with Crippen molar-refractivity contribution in [2.45, 2.75) is 19.8 Å². The minimum Gasteiger partial charge on any atom is -0.677 e. The molecule has 1 nitrogen and oxygen atoms in total. The monoisotopic (exact) mass is 224 g/mol. The average molecular weight is 222 g/mol. The SMILES string of the molecule is CCCC[NH-].[Sm]. The largest absolute Gasteiger partial charge is 0.677 e. The predicted octanol–water partition coefficient (Wildman–Crippen LogP) is 1.84. The minimum absolute atomic E-state index is 0. The van der Waals surface area contributed by atoms with Crippen LogP contribution in [0.5, 0.6) is 0 Å². The van der Waals surface area contributed by atoms with Gasteiger partial charge in [0.25, 0.3) is 0 Å². The third kappa shape index (κ3) is 9.00. The number of hydrogen-bond donors (Lipinski definition) is 0. The maximum atomic E-state index is 6.60. The molecule has 6 heavy (non-hydrogen) atoms. The second-order valence-corrected chi connectivity index (χ2v) is 1.10. The van der Waals surface area contributed by atoms with Crippen molar-refractivity contribution in [3.05, 3.63) is 5.73 Å². The Kier molecular flexibility index (Phi) is 16.4. The first-order valence-corrected chi connectivity index (χ1v) is 2.06. The van der Waals surface area contributed by atoms with Gasteiger partial charge in [0.2, 0.25) is 0 Å². The Hall–Kier alpha value is 1.30. The zero-order valence-corrected chi connectivity index (χ0v) is 6.65. The fourth-order valence-corrected chi connectivity index (χ4v) is 0.177. The van der Waals surface area contributed by atoms with Gasteiger partial charge in [0, 0.05) is 40.4 Å². The van der Waals surface area contributed by atoms with Crippen LogP contribution in [0, 0.1) is 40.4 Å². The molecule has 0 aromatic carbocycles. The third-order valence-corrected chi connectivity index (χ3v) is 0.530. The second kappa shape index (κ2) is 9.57. The van der Waals surface area contributed by atoms with Crippen molar-refractivity contribution in [2.24, 2.45) is 0 Å². The first-order valence-electron chi connectivity index (χ1n) is 2.06. The molecule has 0 spiro atoms. The molecule has 0 bridgehead atoms. The molecule has 0 heterocycles. The van der Waals surface area contributed by atoms with E-state index in [1.165, 1.54) is 0 Å². The Balaban J connectivity index is 0. The zero-order valence-electron chi connectivity index (χ0n) is 4.03. The summed E-state index contributed by atoms with van der Waals surface area (Å²) in [6, 6.07) is 0. The summed E-state index contributed by atoms with van der Waals surface area (Å²) in [5.41, 5.74) is 6.60. The van der Waals surface area contributed by atoms with E-state index in [4.69, 9.17) is 5.73 Å². The third-order valence-electron chi connectivity index (χ3n) is 0.530. The standard InChI is InChI=1S/C4H10N.Sm/c1-2-3-4-5;/h5H,2-4H2,1H3;/q-1;. The molecule has 0 aliphatic carbocycles. The average Bonchev–Trinajstić information content (AvgIpc) is 1.41. The molecule has 0 fully saturated rings. The zero-order chi connectivity index (χ0) is 4.12. The Morgan fingerprint density at radius 2 is 2.00 bits per heavy atom. The quantitative estimate of drug-likeness (QED) is 0.681. The molecule has 0 rings (SSSR count). The predicted molar refractivity (Wildman–Crippen MR) is 24.1 cm³/mol. The molecular formula is C4H10NSm-. The topological polar surface area (TPSA) is 23.8 Å². The maximum absolute atomic E-state index is 6.60. The van der Waals surface area contributed by atoms with Gasteiger partial charge in [-0.05, 0) is 0 Å². The molecule has 0 atom stereocenters. The van der Waals surface area contributed by atoms with E-state index in [2.05, 4.69) is 6.92 Å². The van der Waals surface area contributed by atoms with Gasteiger partial charge < -0.3 is 5.73 Å². The molecule has 1 N–H and O–H groups in total. The van der Waals surface area contributed by atoms with E-state index in [0.29, 0.717) is 6.54 Å². The number of unbranched alkanes of at least 4 members (excludes halogenated alkanes) is 1. The molecule has 0 aliphatic rings. The summed E-state index contributed by atoms with van der Waals surface area (Å²) in [5, 5.41) is 0. The van der Waals surface area contributed by atoms with Gasteiger partial charge in [0.15, 0.2) is 0 Å². The van der Waals surface area contributed by atoms with Gasteiger partial charge in [-0.1, -0.05) is 19.8 Å². The summed E-state index contributed by atoms with van der Waals surface area (Å²) >= 11 is 0. The van der Waals surface area contributed by atoms with E-state index < -0.39 is 0 Å². The van der Waals surface area contributed by atoms with Crippen LogP contribution < -0.4 is 0 Å². The van der Waals surface area contributed by atoms with E-state index in [0.717, 1.165) is 12.8 Å². The van der Waals surface area contributed by atoms with E-state index in [1.807, 2.05) is 0 Å². The molecule has 0 aromatic rings. The van der Waals surface area contributed by atoms with E-state index in [-0.39, 0.29) is 40.4 Å². The Morgan fingerprint density at radius 3 is 2.00 bits per heavy atom. The molecule has 0 saturated carbocycles. The number of rotatable bonds is 2. The van der Waals surface area contributed by atoms with Gasteiger partial charge in [-0.25, -0.2) is 0 Å². The molecular weight excluding hydrogens is 212 g/mol. The summed E-state index contributed by atoms with van der Waals surface area (Å²) in [4.78, 5) is 0. The van der Waals surface area contributed by atoms with E-state index >= 15 is 0 Å². The van der Waals surface area contributed by atoms with Crippen LogP contribution in [0.2, 0.25) is 0 Å². The van der Waals surface area contributed by atoms with Gasteiger partial charge in [0.05, 0.1) is 0 Å². The van der Waals surface area contributed by atoms with Crippen LogP contribution in [-0.4, -0.2) is 6.54 Å². The van der Waals surface area contributed by atoms with Crippen LogP contribution in [0.25, 0.3) is 5.73 Å². The smallest absolute Gasteiger partial charge is 0 e. The van der Waals surface area contributed by atoms with Gasteiger partial charge in [-0.15, -0.1) is 0 Å². The van der Waals surface area contributed by atoms with Crippen molar-refractivity contribution in [1.82, 2.24) is 0 Å². The van der Waals surface area contributed by atoms with Gasteiger partial charge in [0.1, 0.15) is 0 Å². The summed E-state index contributed by atoms with van der Waals surface area (Å²) in [5.74, 6) is 0. The molecule has 0 radical (unpaired) electrons. The van der Waals surface area contributed by atoms with Crippen molar-refractivity contribution in [2.75, 3.05) is 6.54 Å². The molecule has 0 amide bonds. The van der Waals surface area contributed by atoms with Crippen LogP contribution in [0.3, 0.4) is 0 Å². The summed E-state index contributed by atoms with van der Waals surface area (Å²) in [6.45, 7) is 2.69. The van der Waals surface area contributed by atoms with Crippen LogP contribution in [0.15, 0.2) is 0 Å². The molecule has 0 unspecified atom stereocenters. The minimum atomic E-state index is 0. The summed E-state index contributed by atoms with van der Waals surface area (Å²) in [7, 11) is 0. The molecule has 38 valence electrons. The van der Waals surface area contributed by atoms with E-state index in [9.17, 15) is 0 Å². The molecule has 0 aliphatic heterocycles. The van der Waals surface area contributed by atoms with Crippen molar-refractivity contribution < 1.29 is 40.4 Å². The van der Waals surface area contributed by atoms with Crippen LogP contribution in [-0.2, 0) is 0 Å². The van der Waals surface area contributed by atoms with E-state index in [1.54, 1.807) is 0 Å². The Labute approximate surface area is 71.8 Å². The first-order chi connectivity index (χ1) is 2.41. The Bertz CT molecular complexity index is 15.0. The fraction of sp³-hybridized carbons (Fsp3) is 1.00. The van der Waals surface area contributed by atoms with Crippen LogP contribution in [0.4, 0.5) is 0 Å². The summed E-state index contributed by atoms with van der Waals surface area (Å²) < 4.78 is 0. The Morgan fingerprint density at radius 1 is 1.50 bits per heavy atom. The first kappa shape index (κ1) is 10.3. The van der Waals surface area contributed by atoms with Gasteiger partial charge in [-0.3, -0.25) is 0 Å². The molecule has 0 aromatic heterocycles. The maximum Gasteiger partial charge on any atom is 0 e. The fourth-order valence-electron chi connectivity index (χ4n) is 0.177. The van der Waals surface area contributed by atoms with Crippen molar-refractivity contribution in [3.63, 3.8) is 0 Å². The van der Waals surface area contributed by atoms with Gasteiger partial charge in [-0.2, -0.15) is 6.54 Å². The van der Waals surface area contributed by atoms with Crippen molar-refractivity contribution in [1.29, 1.82) is 0 Å². The van der Waals surface area contributed by atoms with Crippen molar-refractivity contribution in [3.8, 4) is 0 Å². The van der Waals surface area contributed by atoms with Crippen molar-refractivity contribution >= 4 is 0 Å².